The molecule has 0 aliphatic carbocycles. The monoisotopic (exact) mass is 273 g/mol. The summed E-state index contributed by atoms with van der Waals surface area (Å²) in [6, 6.07) is 14.5. The van der Waals surface area contributed by atoms with Crippen LogP contribution in [0.5, 0.6) is 5.75 Å². The predicted octanol–water partition coefficient (Wildman–Crippen LogP) is 3.28. The Morgan fingerprint density at radius 1 is 1.11 bits per heavy atom. The van der Waals surface area contributed by atoms with E-state index in [-0.39, 0.29) is 6.61 Å². The van der Waals surface area contributed by atoms with Gasteiger partial charge in [0, 0.05) is 6.07 Å². The molecule has 1 N–H and O–H groups in total. The third kappa shape index (κ3) is 3.47. The Bertz CT molecular complexity index is 603. The van der Waals surface area contributed by atoms with Crippen LogP contribution >= 0.6 is 11.6 Å². The molecule has 96 valence electrons. The van der Waals surface area contributed by atoms with Gasteiger partial charge < -0.3 is 9.84 Å². The number of hydrogen-bond donors (Lipinski definition) is 1. The lowest BCUT2D eigenvalue weighted by atomic mass is 10.1. The molecule has 0 fully saturated rings. The van der Waals surface area contributed by atoms with Crippen molar-refractivity contribution in [2.24, 2.45) is 0 Å². The maximum Gasteiger partial charge on any atom is 0.121 e. The number of nitrogens with zero attached hydrogens (tertiary/aromatic N) is 1. The molecule has 0 bridgehead atoms. The van der Waals surface area contributed by atoms with Crippen molar-refractivity contribution < 1.29 is 9.84 Å². The highest BCUT2D eigenvalue weighted by molar-refractivity contribution is 6.31. The molecular formula is C15H12ClNO2. The number of ether oxygens (including phenoxy) is 1. The van der Waals surface area contributed by atoms with Crippen molar-refractivity contribution in [3.8, 4) is 11.8 Å². The molecule has 0 aromatic heterocycles. The van der Waals surface area contributed by atoms with Crippen molar-refractivity contribution in [2.45, 2.75) is 13.2 Å². The maximum atomic E-state index is 8.94. The van der Waals surface area contributed by atoms with Gasteiger partial charge in [-0.15, -0.1) is 0 Å². The summed E-state index contributed by atoms with van der Waals surface area (Å²) in [5, 5.41) is 18.1. The van der Waals surface area contributed by atoms with Crippen molar-refractivity contribution in [2.75, 3.05) is 0 Å². The van der Waals surface area contributed by atoms with E-state index in [1.54, 1.807) is 18.2 Å². The largest absolute Gasteiger partial charge is 0.489 e. The van der Waals surface area contributed by atoms with Crippen LogP contribution in [0.15, 0.2) is 42.5 Å². The third-order valence-electron chi connectivity index (χ3n) is 2.67. The average Bonchev–Trinajstić information content (AvgIpc) is 2.46. The molecule has 0 aliphatic rings. The van der Waals surface area contributed by atoms with Gasteiger partial charge in [-0.05, 0) is 23.3 Å². The Morgan fingerprint density at radius 3 is 2.37 bits per heavy atom. The van der Waals surface area contributed by atoms with Crippen molar-refractivity contribution >= 4 is 11.6 Å². The van der Waals surface area contributed by atoms with Crippen LogP contribution in [-0.2, 0) is 13.2 Å². The standard InChI is InChI=1S/C15H12ClNO2/c16-15-7-14(6-5-13(15)8-17)19-10-12-3-1-11(9-18)2-4-12/h1-7,18H,9-10H2. The van der Waals surface area contributed by atoms with Gasteiger partial charge in [-0.1, -0.05) is 35.9 Å². The van der Waals surface area contributed by atoms with Crippen LogP contribution in [0.1, 0.15) is 16.7 Å². The van der Waals surface area contributed by atoms with Gasteiger partial charge >= 0.3 is 0 Å². The number of rotatable bonds is 4. The first-order chi connectivity index (χ1) is 9.22. The maximum absolute atomic E-state index is 8.94. The summed E-state index contributed by atoms with van der Waals surface area (Å²) in [6.45, 7) is 0.445. The molecule has 0 aliphatic heterocycles. The fourth-order valence-corrected chi connectivity index (χ4v) is 1.80. The van der Waals surface area contributed by atoms with Gasteiger partial charge in [0.15, 0.2) is 0 Å². The van der Waals surface area contributed by atoms with Crippen molar-refractivity contribution in [3.05, 3.63) is 64.2 Å². The van der Waals surface area contributed by atoms with Gasteiger partial charge in [0.1, 0.15) is 18.4 Å². The van der Waals surface area contributed by atoms with E-state index in [1.807, 2.05) is 30.3 Å². The number of aliphatic hydroxyl groups is 1. The fourth-order valence-electron chi connectivity index (χ4n) is 1.58. The van der Waals surface area contributed by atoms with Gasteiger partial charge in [-0.2, -0.15) is 5.26 Å². The van der Waals surface area contributed by atoms with Crippen molar-refractivity contribution in [1.29, 1.82) is 5.26 Å². The van der Waals surface area contributed by atoms with Crippen LogP contribution in [0.25, 0.3) is 0 Å². The Kier molecular flexibility index (Phi) is 4.40. The second-order valence-electron chi connectivity index (χ2n) is 4.02. The molecule has 4 heteroatoms. The Hall–Kier alpha value is -2.02. The summed E-state index contributed by atoms with van der Waals surface area (Å²) in [6.07, 6.45) is 0. The number of aliphatic hydroxyl groups excluding tert-OH is 1. The molecule has 0 unspecified atom stereocenters. The first-order valence-corrected chi connectivity index (χ1v) is 6.12. The van der Waals surface area contributed by atoms with Gasteiger partial charge in [0.2, 0.25) is 0 Å². The topological polar surface area (TPSA) is 53.2 Å². The summed E-state index contributed by atoms with van der Waals surface area (Å²) in [7, 11) is 0. The summed E-state index contributed by atoms with van der Waals surface area (Å²) in [5.74, 6) is 0.621. The van der Waals surface area contributed by atoms with E-state index in [1.165, 1.54) is 0 Å². The average molecular weight is 274 g/mol. The minimum absolute atomic E-state index is 0.0341. The number of nitriles is 1. The summed E-state index contributed by atoms with van der Waals surface area (Å²) in [4.78, 5) is 0. The smallest absolute Gasteiger partial charge is 0.121 e. The van der Waals surface area contributed by atoms with Gasteiger partial charge in [0.05, 0.1) is 17.2 Å². The van der Waals surface area contributed by atoms with Crippen molar-refractivity contribution in [1.82, 2.24) is 0 Å². The zero-order valence-electron chi connectivity index (χ0n) is 10.1. The fraction of sp³-hybridized carbons (Fsp3) is 0.133. The van der Waals surface area contributed by atoms with Crippen LogP contribution in [0.2, 0.25) is 5.02 Å². The highest BCUT2D eigenvalue weighted by Crippen LogP contribution is 2.22. The minimum atomic E-state index is 0.0341. The molecule has 0 atom stereocenters. The van der Waals surface area contributed by atoms with Crippen LogP contribution < -0.4 is 4.74 Å². The molecule has 0 saturated heterocycles. The lowest BCUT2D eigenvalue weighted by Gasteiger charge is -2.07. The molecular weight excluding hydrogens is 262 g/mol. The van der Waals surface area contributed by atoms with Crippen LogP contribution in [0.3, 0.4) is 0 Å². The predicted molar refractivity (Wildman–Crippen MR) is 72.9 cm³/mol. The molecule has 0 heterocycles. The van der Waals surface area contributed by atoms with Crippen molar-refractivity contribution in [3.63, 3.8) is 0 Å². The lowest BCUT2D eigenvalue weighted by Crippen LogP contribution is -1.96. The van der Waals surface area contributed by atoms with Gasteiger partial charge in [-0.25, -0.2) is 0 Å². The summed E-state index contributed by atoms with van der Waals surface area (Å²) in [5.41, 5.74) is 2.30. The molecule has 2 aromatic rings. The summed E-state index contributed by atoms with van der Waals surface area (Å²) < 4.78 is 5.59. The van der Waals surface area contributed by atoms with E-state index in [0.717, 1.165) is 11.1 Å². The van der Waals surface area contributed by atoms with E-state index in [4.69, 9.17) is 26.7 Å². The first-order valence-electron chi connectivity index (χ1n) is 5.74. The van der Waals surface area contributed by atoms with E-state index < -0.39 is 0 Å². The normalized spacial score (nSPS) is 9.95. The van der Waals surface area contributed by atoms with Crippen LogP contribution in [-0.4, -0.2) is 5.11 Å². The first kappa shape index (κ1) is 13.4. The molecule has 0 radical (unpaired) electrons. The highest BCUT2D eigenvalue weighted by atomic mass is 35.5. The second kappa shape index (κ2) is 6.24. The number of benzene rings is 2. The van der Waals surface area contributed by atoms with Crippen LogP contribution in [0, 0.1) is 11.3 Å². The SMILES string of the molecule is N#Cc1ccc(OCc2ccc(CO)cc2)cc1Cl. The zero-order valence-corrected chi connectivity index (χ0v) is 10.9. The Balaban J connectivity index is 2.02. The van der Waals surface area contributed by atoms with E-state index >= 15 is 0 Å². The molecule has 19 heavy (non-hydrogen) atoms. The Labute approximate surface area is 116 Å². The van der Waals surface area contributed by atoms with Gasteiger partial charge in [0.25, 0.3) is 0 Å². The third-order valence-corrected chi connectivity index (χ3v) is 2.98. The molecule has 0 saturated carbocycles. The van der Waals surface area contributed by atoms with E-state index in [0.29, 0.717) is 22.9 Å². The van der Waals surface area contributed by atoms with Gasteiger partial charge in [-0.3, -0.25) is 0 Å². The Morgan fingerprint density at radius 2 is 1.79 bits per heavy atom. The molecule has 0 spiro atoms. The molecule has 2 aromatic carbocycles. The second-order valence-corrected chi connectivity index (χ2v) is 4.42. The lowest BCUT2D eigenvalue weighted by molar-refractivity contribution is 0.281. The highest BCUT2D eigenvalue weighted by Gasteiger charge is 2.02. The van der Waals surface area contributed by atoms with E-state index in [2.05, 4.69) is 0 Å². The van der Waals surface area contributed by atoms with E-state index in [9.17, 15) is 0 Å². The summed E-state index contributed by atoms with van der Waals surface area (Å²) >= 11 is 5.92. The number of hydrogen-bond acceptors (Lipinski definition) is 3. The molecule has 0 amide bonds. The quantitative estimate of drug-likeness (QED) is 0.930. The number of halogens is 1. The molecule has 3 nitrogen and oxygen atoms in total. The van der Waals surface area contributed by atoms with Crippen LogP contribution in [0.4, 0.5) is 0 Å². The zero-order chi connectivity index (χ0) is 13.7. The minimum Gasteiger partial charge on any atom is -0.489 e. The molecule has 2 rings (SSSR count).